The van der Waals surface area contributed by atoms with Crippen molar-refractivity contribution in [2.45, 2.75) is 50.8 Å². The van der Waals surface area contributed by atoms with Gasteiger partial charge in [-0.15, -0.1) is 0 Å². The Kier molecular flexibility index (Phi) is 5.42. The maximum absolute atomic E-state index is 12.1. The molecule has 0 aliphatic carbocycles. The third-order valence-corrected chi connectivity index (χ3v) is 4.23. The van der Waals surface area contributed by atoms with Crippen molar-refractivity contribution in [2.24, 2.45) is 5.11 Å². The molecule has 2 rings (SSSR count). The van der Waals surface area contributed by atoms with Crippen LogP contribution in [0, 0.1) is 0 Å². The molecule has 0 saturated carbocycles. The number of aromatic amines is 1. The number of ketones is 2. The lowest BCUT2D eigenvalue weighted by Crippen LogP contribution is -2.52. The van der Waals surface area contributed by atoms with E-state index >= 15 is 0 Å². The summed E-state index contributed by atoms with van der Waals surface area (Å²) < 4.78 is 6.32. The van der Waals surface area contributed by atoms with Crippen molar-refractivity contribution in [2.75, 3.05) is 0 Å². The van der Waals surface area contributed by atoms with Crippen molar-refractivity contribution in [1.29, 1.82) is 0 Å². The number of azide groups is 1. The Balaban J connectivity index is 2.48. The van der Waals surface area contributed by atoms with Crippen LogP contribution in [0.5, 0.6) is 0 Å². The van der Waals surface area contributed by atoms with Gasteiger partial charge in [0.25, 0.3) is 5.56 Å². The number of carbonyl (C=O) groups is 2. The number of Topliss-reactive ketones (excluding diaryl/α,β-unsaturated/α-hetero) is 2. The molecular weight excluding hydrogens is 350 g/mol. The van der Waals surface area contributed by atoms with Gasteiger partial charge in [-0.2, -0.15) is 0 Å². The molecule has 26 heavy (non-hydrogen) atoms. The number of nitrogens with zero attached hydrogens (tertiary/aromatic N) is 4. The second-order valence-electron chi connectivity index (χ2n) is 5.96. The molecule has 1 aliphatic rings. The zero-order valence-electron chi connectivity index (χ0n) is 13.9. The zero-order chi connectivity index (χ0) is 19.6. The first kappa shape index (κ1) is 19.5. The molecule has 1 aliphatic heterocycles. The van der Waals surface area contributed by atoms with Gasteiger partial charge >= 0.3 is 5.69 Å². The summed E-state index contributed by atoms with van der Waals surface area (Å²) >= 11 is 0. The third kappa shape index (κ3) is 3.44. The summed E-state index contributed by atoms with van der Waals surface area (Å²) in [5.41, 5.74) is 4.45. The Hall–Kier alpha value is -2.79. The van der Waals surface area contributed by atoms with Crippen LogP contribution >= 0.6 is 0 Å². The molecule has 0 aromatic carbocycles. The van der Waals surface area contributed by atoms with Crippen LogP contribution < -0.4 is 11.2 Å². The molecule has 12 nitrogen and oxygen atoms in total. The molecule has 3 N–H and O–H groups in total. The van der Waals surface area contributed by atoms with Gasteiger partial charge in [0.2, 0.25) is 0 Å². The van der Waals surface area contributed by atoms with Crippen molar-refractivity contribution < 1.29 is 24.5 Å². The molecule has 0 spiro atoms. The molecule has 1 saturated heterocycles. The van der Waals surface area contributed by atoms with E-state index in [2.05, 4.69) is 10.0 Å². The molecule has 0 amide bonds. The second kappa shape index (κ2) is 7.22. The normalized spacial score (nSPS) is 26.2. The van der Waals surface area contributed by atoms with Crippen LogP contribution in [0.2, 0.25) is 0 Å². The summed E-state index contributed by atoms with van der Waals surface area (Å²) in [4.78, 5) is 51.7. The molecule has 12 heteroatoms. The Morgan fingerprint density at radius 3 is 2.73 bits per heavy atom. The number of H-pyrrole nitrogens is 1. The molecule has 1 aromatic rings. The van der Waals surface area contributed by atoms with Crippen molar-refractivity contribution in [3.8, 4) is 0 Å². The van der Waals surface area contributed by atoms with E-state index in [-0.39, 0.29) is 12.1 Å². The standard InChI is InChI=1S/C14H17N5O7/c1-6(20)10(22)11-14(25,7(2)21)3-9(26-11)19-5-8(4-16-18-15)12(23)17-13(19)24/h5,9-11,22,25H,3-4H2,1-2H3,(H,17,23,24)/t9-,10?,11-,14-/m1/s1. The van der Waals surface area contributed by atoms with Crippen molar-refractivity contribution in [3.63, 3.8) is 0 Å². The quantitative estimate of drug-likeness (QED) is 0.323. The number of rotatable bonds is 6. The van der Waals surface area contributed by atoms with Crippen LogP contribution in [0.1, 0.15) is 32.1 Å². The fraction of sp³-hybridized carbons (Fsp3) is 0.571. The monoisotopic (exact) mass is 367 g/mol. The van der Waals surface area contributed by atoms with E-state index < -0.39 is 53.3 Å². The fourth-order valence-corrected chi connectivity index (χ4v) is 2.73. The van der Waals surface area contributed by atoms with E-state index in [1.165, 1.54) is 0 Å². The minimum absolute atomic E-state index is 0.0482. The minimum Gasteiger partial charge on any atom is -0.382 e. The second-order valence-corrected chi connectivity index (χ2v) is 5.96. The number of aliphatic hydroxyl groups excluding tert-OH is 1. The summed E-state index contributed by atoms with van der Waals surface area (Å²) in [6, 6.07) is 0. The van der Waals surface area contributed by atoms with E-state index in [0.29, 0.717) is 0 Å². The number of carbonyl (C=O) groups excluding carboxylic acids is 2. The minimum atomic E-state index is -2.20. The first-order valence-electron chi connectivity index (χ1n) is 7.54. The number of aliphatic hydroxyl groups is 2. The summed E-state index contributed by atoms with van der Waals surface area (Å²) in [6.07, 6.45) is -3.96. The van der Waals surface area contributed by atoms with Crippen LogP contribution in [0.3, 0.4) is 0 Å². The Morgan fingerprint density at radius 1 is 1.54 bits per heavy atom. The Morgan fingerprint density at radius 2 is 2.19 bits per heavy atom. The van der Waals surface area contributed by atoms with Crippen LogP contribution in [-0.4, -0.2) is 49.1 Å². The third-order valence-electron chi connectivity index (χ3n) is 4.23. The van der Waals surface area contributed by atoms with Gasteiger partial charge < -0.3 is 14.9 Å². The van der Waals surface area contributed by atoms with Gasteiger partial charge in [0, 0.05) is 23.1 Å². The SMILES string of the molecule is CC(=O)C(O)[C@H]1O[C@@H](n2cc(CN=[N+]=[N-])c(=O)[nH]c2=O)C[C@@]1(O)C(C)=O. The molecule has 0 radical (unpaired) electrons. The summed E-state index contributed by atoms with van der Waals surface area (Å²) in [7, 11) is 0. The highest BCUT2D eigenvalue weighted by Gasteiger charge is 2.55. The number of ether oxygens (including phenoxy) is 1. The maximum Gasteiger partial charge on any atom is 0.330 e. The number of hydrogen-bond acceptors (Lipinski definition) is 8. The summed E-state index contributed by atoms with van der Waals surface area (Å²) in [6.45, 7) is 1.79. The molecule has 2 heterocycles. The van der Waals surface area contributed by atoms with Crippen LogP contribution in [-0.2, 0) is 20.9 Å². The largest absolute Gasteiger partial charge is 0.382 e. The topological polar surface area (TPSA) is 187 Å². The zero-order valence-corrected chi connectivity index (χ0v) is 13.9. The first-order valence-corrected chi connectivity index (χ1v) is 7.54. The first-order chi connectivity index (χ1) is 12.1. The maximum atomic E-state index is 12.1. The van der Waals surface area contributed by atoms with Gasteiger partial charge in [-0.25, -0.2) is 4.79 Å². The Labute approximate surface area is 145 Å². The number of aromatic nitrogens is 2. The lowest BCUT2D eigenvalue weighted by molar-refractivity contribution is -0.158. The van der Waals surface area contributed by atoms with E-state index in [1.54, 1.807) is 0 Å². The number of nitrogens with one attached hydrogen (secondary N) is 1. The summed E-state index contributed by atoms with van der Waals surface area (Å²) in [5, 5.41) is 23.8. The molecule has 1 fully saturated rings. The molecule has 1 aromatic heterocycles. The van der Waals surface area contributed by atoms with E-state index in [4.69, 9.17) is 10.3 Å². The highest BCUT2D eigenvalue weighted by atomic mass is 16.6. The lowest BCUT2D eigenvalue weighted by Gasteiger charge is -2.27. The number of hydrogen-bond donors (Lipinski definition) is 3. The highest BCUT2D eigenvalue weighted by Crippen LogP contribution is 2.38. The lowest BCUT2D eigenvalue weighted by atomic mass is 9.86. The van der Waals surface area contributed by atoms with E-state index in [9.17, 15) is 29.4 Å². The molecule has 140 valence electrons. The van der Waals surface area contributed by atoms with Crippen LogP contribution in [0.4, 0.5) is 0 Å². The molecule has 0 bridgehead atoms. The smallest absolute Gasteiger partial charge is 0.330 e. The molecule has 4 atom stereocenters. The average molecular weight is 367 g/mol. The average Bonchev–Trinajstić information content (AvgIpc) is 2.92. The van der Waals surface area contributed by atoms with Crippen molar-refractivity contribution in [1.82, 2.24) is 9.55 Å². The van der Waals surface area contributed by atoms with Crippen molar-refractivity contribution in [3.05, 3.63) is 43.0 Å². The van der Waals surface area contributed by atoms with Gasteiger partial charge in [0.05, 0.1) is 6.54 Å². The van der Waals surface area contributed by atoms with Crippen molar-refractivity contribution >= 4 is 11.6 Å². The van der Waals surface area contributed by atoms with Crippen LogP contribution in [0.25, 0.3) is 10.4 Å². The predicted octanol–water partition coefficient (Wildman–Crippen LogP) is -1.10. The van der Waals surface area contributed by atoms with Gasteiger partial charge in [0.1, 0.15) is 18.4 Å². The Bertz CT molecular complexity index is 900. The molecule has 1 unspecified atom stereocenters. The van der Waals surface area contributed by atoms with E-state index in [0.717, 1.165) is 24.6 Å². The van der Waals surface area contributed by atoms with Gasteiger partial charge in [-0.05, 0) is 19.4 Å². The van der Waals surface area contributed by atoms with Crippen LogP contribution in [0.15, 0.2) is 20.9 Å². The van der Waals surface area contributed by atoms with Gasteiger partial charge in [-0.3, -0.25) is 23.9 Å². The van der Waals surface area contributed by atoms with Gasteiger partial charge in [-0.1, -0.05) is 5.11 Å². The fourth-order valence-electron chi connectivity index (χ4n) is 2.73. The highest BCUT2D eigenvalue weighted by molar-refractivity contribution is 5.88. The van der Waals surface area contributed by atoms with Gasteiger partial charge in [0.15, 0.2) is 17.2 Å². The summed E-state index contributed by atoms with van der Waals surface area (Å²) in [5.74, 6) is -1.48. The molecular formula is C14H17N5O7. The van der Waals surface area contributed by atoms with E-state index in [1.807, 2.05) is 4.98 Å². The predicted molar refractivity (Wildman–Crippen MR) is 85.0 cm³/mol.